The van der Waals surface area contributed by atoms with Crippen LogP contribution in [0.5, 0.6) is 0 Å². The smallest absolute Gasteiger partial charge is 0.407 e. The number of imidazole rings is 1. The molecule has 2 fully saturated rings. The van der Waals surface area contributed by atoms with Crippen LogP contribution in [-0.2, 0) is 9.47 Å². The Morgan fingerprint density at radius 3 is 2.82 bits per heavy atom. The van der Waals surface area contributed by atoms with Gasteiger partial charge in [-0.25, -0.2) is 9.78 Å². The molecule has 146 valence electrons. The Balaban J connectivity index is 1.65. The van der Waals surface area contributed by atoms with E-state index in [2.05, 4.69) is 33.2 Å². The quantitative estimate of drug-likeness (QED) is 0.746. The number of amides is 1. The van der Waals surface area contributed by atoms with Crippen molar-refractivity contribution in [3.63, 3.8) is 0 Å². The fourth-order valence-electron chi connectivity index (χ4n) is 4.24. The Kier molecular flexibility index (Phi) is 4.08. The van der Waals surface area contributed by atoms with E-state index in [1.807, 2.05) is 13.8 Å². The molecule has 0 spiro atoms. The molecule has 1 aromatic carbocycles. The minimum Gasteiger partial charge on any atom is -0.449 e. The van der Waals surface area contributed by atoms with Crippen LogP contribution in [0.2, 0.25) is 0 Å². The van der Waals surface area contributed by atoms with Crippen molar-refractivity contribution in [1.82, 2.24) is 20.0 Å². The molecule has 0 radical (unpaired) electrons. The first-order valence-electron chi connectivity index (χ1n) is 9.58. The summed E-state index contributed by atoms with van der Waals surface area (Å²) in [6.45, 7) is 5.64. The Labute approximate surface area is 161 Å². The number of rotatable bonds is 3. The van der Waals surface area contributed by atoms with E-state index in [9.17, 15) is 4.79 Å². The maximum Gasteiger partial charge on any atom is 0.407 e. The molecule has 0 unspecified atom stereocenters. The summed E-state index contributed by atoms with van der Waals surface area (Å²) in [5.41, 5.74) is 4.82. The summed E-state index contributed by atoms with van der Waals surface area (Å²) in [7, 11) is 0. The summed E-state index contributed by atoms with van der Waals surface area (Å²) >= 11 is 0. The average Bonchev–Trinajstić information content (AvgIpc) is 3.40. The lowest BCUT2D eigenvalue weighted by Gasteiger charge is -2.25. The molecule has 1 N–H and O–H groups in total. The Hall–Kier alpha value is -2.87. The summed E-state index contributed by atoms with van der Waals surface area (Å²) in [6, 6.07) is 6.28. The van der Waals surface area contributed by atoms with Crippen molar-refractivity contribution in [1.29, 1.82) is 0 Å². The molecule has 2 atom stereocenters. The minimum absolute atomic E-state index is 0.170. The standard InChI is InChI=1S/C20H22N4O4/c1-11-18(12(2)28-23-11)13-3-4-17-16(9-13)21-19(15-6-8-27-20(25)22-15)24(17)14-5-7-26-10-14/h3-4,9,14-15H,5-8,10H2,1-2H3,(H,22,25)/t14-,15+/m1/s1. The van der Waals surface area contributed by atoms with Gasteiger partial charge < -0.3 is 23.9 Å². The van der Waals surface area contributed by atoms with Crippen LogP contribution in [0, 0.1) is 13.8 Å². The first-order valence-corrected chi connectivity index (χ1v) is 9.58. The highest BCUT2D eigenvalue weighted by Crippen LogP contribution is 2.34. The summed E-state index contributed by atoms with van der Waals surface area (Å²) in [6.07, 6.45) is 1.23. The summed E-state index contributed by atoms with van der Waals surface area (Å²) in [4.78, 5) is 16.7. The monoisotopic (exact) mass is 382 g/mol. The van der Waals surface area contributed by atoms with Crippen LogP contribution >= 0.6 is 0 Å². The number of ether oxygens (including phenoxy) is 2. The van der Waals surface area contributed by atoms with Crippen LogP contribution in [0.15, 0.2) is 22.7 Å². The SMILES string of the molecule is Cc1noc(C)c1-c1ccc2c(c1)nc([C@@H]1CCOC(=O)N1)n2[C@@H]1CCOC1. The van der Waals surface area contributed by atoms with E-state index >= 15 is 0 Å². The van der Waals surface area contributed by atoms with Gasteiger partial charge in [-0.2, -0.15) is 0 Å². The number of hydrogen-bond donors (Lipinski definition) is 1. The molecule has 0 aliphatic carbocycles. The lowest BCUT2D eigenvalue weighted by molar-refractivity contribution is 0.113. The van der Waals surface area contributed by atoms with Gasteiger partial charge in [0.2, 0.25) is 0 Å². The number of cyclic esters (lactones) is 1. The highest BCUT2D eigenvalue weighted by Gasteiger charge is 2.30. The largest absolute Gasteiger partial charge is 0.449 e. The number of alkyl carbamates (subject to hydrolysis) is 1. The molecule has 8 heteroatoms. The number of fused-ring (bicyclic) bond motifs is 1. The van der Waals surface area contributed by atoms with Gasteiger partial charge in [0, 0.05) is 18.6 Å². The molecule has 8 nitrogen and oxygen atoms in total. The van der Waals surface area contributed by atoms with Gasteiger partial charge in [-0.3, -0.25) is 0 Å². The van der Waals surface area contributed by atoms with Gasteiger partial charge in [0.15, 0.2) is 0 Å². The van der Waals surface area contributed by atoms with Crippen molar-refractivity contribution in [2.75, 3.05) is 19.8 Å². The van der Waals surface area contributed by atoms with Gasteiger partial charge >= 0.3 is 6.09 Å². The maximum atomic E-state index is 11.8. The van der Waals surface area contributed by atoms with Crippen LogP contribution in [-0.4, -0.2) is 40.6 Å². The van der Waals surface area contributed by atoms with Crippen LogP contribution in [0.1, 0.15) is 42.2 Å². The third kappa shape index (κ3) is 2.75. The van der Waals surface area contributed by atoms with Crippen molar-refractivity contribution in [3.8, 4) is 11.1 Å². The van der Waals surface area contributed by atoms with Crippen LogP contribution in [0.3, 0.4) is 0 Å². The molecule has 4 heterocycles. The summed E-state index contributed by atoms with van der Waals surface area (Å²) in [5.74, 6) is 1.65. The van der Waals surface area contributed by atoms with Crippen molar-refractivity contribution in [2.45, 2.75) is 38.8 Å². The molecule has 0 bridgehead atoms. The zero-order valence-electron chi connectivity index (χ0n) is 15.9. The number of aryl methyl sites for hydroxylation is 2. The topological polar surface area (TPSA) is 91.4 Å². The molecule has 2 aromatic heterocycles. The van der Waals surface area contributed by atoms with E-state index in [0.717, 1.165) is 52.5 Å². The van der Waals surface area contributed by atoms with Crippen molar-refractivity contribution >= 4 is 17.1 Å². The van der Waals surface area contributed by atoms with E-state index in [0.29, 0.717) is 19.6 Å². The van der Waals surface area contributed by atoms with Crippen molar-refractivity contribution in [3.05, 3.63) is 35.5 Å². The second-order valence-electron chi connectivity index (χ2n) is 7.38. The maximum absolute atomic E-state index is 11.8. The second-order valence-corrected chi connectivity index (χ2v) is 7.38. The molecule has 2 aliphatic rings. The molecular formula is C20H22N4O4. The predicted molar refractivity (Wildman–Crippen MR) is 101 cm³/mol. The molecule has 3 aromatic rings. The summed E-state index contributed by atoms with van der Waals surface area (Å²) < 4.78 is 18.2. The lowest BCUT2D eigenvalue weighted by atomic mass is 10.0. The number of aromatic nitrogens is 3. The third-order valence-electron chi connectivity index (χ3n) is 5.55. The fraction of sp³-hybridized carbons (Fsp3) is 0.450. The van der Waals surface area contributed by atoms with Gasteiger partial charge in [0.1, 0.15) is 11.6 Å². The van der Waals surface area contributed by atoms with Gasteiger partial charge in [0.05, 0.1) is 42.0 Å². The van der Waals surface area contributed by atoms with Gasteiger partial charge in [0.25, 0.3) is 0 Å². The fourth-order valence-corrected chi connectivity index (χ4v) is 4.24. The highest BCUT2D eigenvalue weighted by molar-refractivity contribution is 5.84. The highest BCUT2D eigenvalue weighted by atomic mass is 16.6. The molecule has 0 saturated carbocycles. The number of nitrogens with zero attached hydrogens (tertiary/aromatic N) is 3. The molecule has 2 aliphatic heterocycles. The van der Waals surface area contributed by atoms with Gasteiger partial charge in [-0.1, -0.05) is 11.2 Å². The minimum atomic E-state index is -0.395. The van der Waals surface area contributed by atoms with Crippen molar-refractivity contribution < 1.29 is 18.8 Å². The Morgan fingerprint density at radius 1 is 1.21 bits per heavy atom. The first kappa shape index (κ1) is 17.2. The van der Waals surface area contributed by atoms with E-state index < -0.39 is 6.09 Å². The van der Waals surface area contributed by atoms with Crippen molar-refractivity contribution in [2.24, 2.45) is 0 Å². The molecule has 5 rings (SSSR count). The summed E-state index contributed by atoms with van der Waals surface area (Å²) in [5, 5.41) is 6.97. The van der Waals surface area contributed by atoms with Gasteiger partial charge in [-0.15, -0.1) is 0 Å². The molecule has 2 saturated heterocycles. The number of carbonyl (C=O) groups excluding carboxylic acids is 1. The Bertz CT molecular complexity index is 1030. The number of nitrogens with one attached hydrogen (secondary N) is 1. The third-order valence-corrected chi connectivity index (χ3v) is 5.55. The average molecular weight is 382 g/mol. The second kappa shape index (κ2) is 6.63. The van der Waals surface area contributed by atoms with Crippen LogP contribution in [0.4, 0.5) is 4.79 Å². The van der Waals surface area contributed by atoms with E-state index in [-0.39, 0.29) is 12.1 Å². The van der Waals surface area contributed by atoms with E-state index in [1.54, 1.807) is 0 Å². The zero-order chi connectivity index (χ0) is 19.3. The van der Waals surface area contributed by atoms with E-state index in [4.69, 9.17) is 19.0 Å². The predicted octanol–water partition coefficient (Wildman–Crippen LogP) is 3.44. The number of carbonyl (C=O) groups is 1. The first-order chi connectivity index (χ1) is 13.6. The molecule has 1 amide bonds. The molecular weight excluding hydrogens is 360 g/mol. The van der Waals surface area contributed by atoms with E-state index in [1.165, 1.54) is 0 Å². The molecule has 28 heavy (non-hydrogen) atoms. The van der Waals surface area contributed by atoms with Crippen LogP contribution < -0.4 is 5.32 Å². The Morgan fingerprint density at radius 2 is 2.11 bits per heavy atom. The van der Waals surface area contributed by atoms with Gasteiger partial charge in [-0.05, 0) is 38.0 Å². The lowest BCUT2D eigenvalue weighted by Crippen LogP contribution is -2.37. The number of benzene rings is 1. The number of hydrogen-bond acceptors (Lipinski definition) is 6. The zero-order valence-corrected chi connectivity index (χ0v) is 15.9. The van der Waals surface area contributed by atoms with Crippen LogP contribution in [0.25, 0.3) is 22.2 Å². The normalized spacial score (nSPS) is 22.4.